The molecule has 3 nitrogen and oxygen atoms in total. The van der Waals surface area contributed by atoms with Crippen molar-refractivity contribution in [3.05, 3.63) is 34.9 Å². The van der Waals surface area contributed by atoms with Crippen LogP contribution in [0.15, 0.2) is 18.2 Å². The van der Waals surface area contributed by atoms with Gasteiger partial charge in [-0.3, -0.25) is 4.79 Å². The van der Waals surface area contributed by atoms with Crippen molar-refractivity contribution in [3.8, 4) is 0 Å². The molecule has 0 aliphatic rings. The third-order valence-electron chi connectivity index (χ3n) is 2.82. The van der Waals surface area contributed by atoms with Crippen LogP contribution in [0, 0.1) is 13.8 Å². The molecule has 1 aromatic rings. The molecule has 0 spiro atoms. The average molecular weight is 220 g/mol. The Morgan fingerprint density at radius 1 is 1.38 bits per heavy atom. The standard InChI is InChI=1S/C13H20N2O/c1-10-4-5-12(11(2)8-10)6-7-15(3)13(16)9-14/h4-5,8H,6-7,9,14H2,1-3H3. The van der Waals surface area contributed by atoms with Gasteiger partial charge >= 0.3 is 0 Å². The summed E-state index contributed by atoms with van der Waals surface area (Å²) in [6, 6.07) is 6.40. The number of nitrogens with two attached hydrogens (primary N) is 1. The van der Waals surface area contributed by atoms with Crippen LogP contribution in [0.5, 0.6) is 0 Å². The van der Waals surface area contributed by atoms with Gasteiger partial charge in [0.25, 0.3) is 0 Å². The molecule has 0 saturated heterocycles. The molecule has 1 amide bonds. The molecule has 0 unspecified atom stereocenters. The zero-order chi connectivity index (χ0) is 12.1. The molecule has 0 aromatic heterocycles. The lowest BCUT2D eigenvalue weighted by Gasteiger charge is -2.16. The van der Waals surface area contributed by atoms with Gasteiger partial charge in [-0.15, -0.1) is 0 Å². The first-order chi connectivity index (χ1) is 7.54. The fourth-order valence-electron chi connectivity index (χ4n) is 1.69. The van der Waals surface area contributed by atoms with E-state index in [1.807, 2.05) is 0 Å². The minimum absolute atomic E-state index is 0.00948. The molecular weight excluding hydrogens is 200 g/mol. The first-order valence-electron chi connectivity index (χ1n) is 5.54. The summed E-state index contributed by atoms with van der Waals surface area (Å²) in [6.45, 7) is 5.00. The summed E-state index contributed by atoms with van der Waals surface area (Å²) in [6.07, 6.45) is 0.883. The van der Waals surface area contributed by atoms with E-state index >= 15 is 0 Å². The minimum Gasteiger partial charge on any atom is -0.344 e. The number of hydrogen-bond donors (Lipinski definition) is 1. The number of likely N-dealkylation sites (N-methyl/N-ethyl adjacent to an activating group) is 1. The topological polar surface area (TPSA) is 46.3 Å². The van der Waals surface area contributed by atoms with Crippen LogP contribution in [-0.2, 0) is 11.2 Å². The first kappa shape index (κ1) is 12.7. The maximum atomic E-state index is 11.3. The Bertz CT molecular complexity index is 374. The smallest absolute Gasteiger partial charge is 0.236 e. The van der Waals surface area contributed by atoms with Gasteiger partial charge in [-0.05, 0) is 31.4 Å². The van der Waals surface area contributed by atoms with Gasteiger partial charge in [0.15, 0.2) is 0 Å². The molecule has 1 rings (SSSR count). The summed E-state index contributed by atoms with van der Waals surface area (Å²) in [5.41, 5.74) is 9.15. The van der Waals surface area contributed by atoms with Crippen LogP contribution in [0.1, 0.15) is 16.7 Å². The van der Waals surface area contributed by atoms with Crippen LogP contribution < -0.4 is 5.73 Å². The van der Waals surface area contributed by atoms with Crippen molar-refractivity contribution in [1.82, 2.24) is 4.90 Å². The second kappa shape index (κ2) is 5.66. The van der Waals surface area contributed by atoms with E-state index in [9.17, 15) is 4.79 Å². The number of nitrogens with zero attached hydrogens (tertiary/aromatic N) is 1. The van der Waals surface area contributed by atoms with E-state index in [-0.39, 0.29) is 12.5 Å². The molecule has 0 aliphatic carbocycles. The van der Waals surface area contributed by atoms with Crippen LogP contribution in [0.25, 0.3) is 0 Å². The van der Waals surface area contributed by atoms with E-state index < -0.39 is 0 Å². The molecule has 88 valence electrons. The molecule has 16 heavy (non-hydrogen) atoms. The molecule has 0 radical (unpaired) electrons. The second-order valence-corrected chi connectivity index (χ2v) is 4.20. The van der Waals surface area contributed by atoms with E-state index in [1.54, 1.807) is 11.9 Å². The Morgan fingerprint density at radius 3 is 2.62 bits per heavy atom. The molecule has 0 heterocycles. The SMILES string of the molecule is Cc1ccc(CCN(C)C(=O)CN)c(C)c1. The Hall–Kier alpha value is -1.35. The molecule has 2 N–H and O–H groups in total. The summed E-state index contributed by atoms with van der Waals surface area (Å²) in [5, 5.41) is 0. The fraction of sp³-hybridized carbons (Fsp3) is 0.462. The molecule has 3 heteroatoms. The summed E-state index contributed by atoms with van der Waals surface area (Å²) >= 11 is 0. The van der Waals surface area contributed by atoms with Crippen LogP contribution in [-0.4, -0.2) is 30.9 Å². The van der Waals surface area contributed by atoms with Crippen LogP contribution >= 0.6 is 0 Å². The highest BCUT2D eigenvalue weighted by atomic mass is 16.2. The lowest BCUT2D eigenvalue weighted by molar-refractivity contribution is -0.128. The molecule has 0 atom stereocenters. The van der Waals surface area contributed by atoms with Crippen LogP contribution in [0.2, 0.25) is 0 Å². The summed E-state index contributed by atoms with van der Waals surface area (Å²) in [7, 11) is 1.79. The molecule has 0 fully saturated rings. The predicted molar refractivity (Wildman–Crippen MR) is 66.3 cm³/mol. The number of amides is 1. The van der Waals surface area contributed by atoms with Crippen molar-refractivity contribution in [3.63, 3.8) is 0 Å². The first-order valence-corrected chi connectivity index (χ1v) is 5.54. The van der Waals surface area contributed by atoms with E-state index in [1.165, 1.54) is 16.7 Å². The highest BCUT2D eigenvalue weighted by molar-refractivity contribution is 5.77. The third-order valence-corrected chi connectivity index (χ3v) is 2.82. The maximum Gasteiger partial charge on any atom is 0.236 e. The maximum absolute atomic E-state index is 11.3. The minimum atomic E-state index is -0.00948. The van der Waals surface area contributed by atoms with Crippen molar-refractivity contribution in [2.24, 2.45) is 5.73 Å². The van der Waals surface area contributed by atoms with Crippen molar-refractivity contribution in [1.29, 1.82) is 0 Å². The number of carbonyl (C=O) groups is 1. The van der Waals surface area contributed by atoms with Crippen LogP contribution in [0.3, 0.4) is 0 Å². The molecule has 0 saturated carbocycles. The highest BCUT2D eigenvalue weighted by Crippen LogP contribution is 2.11. The second-order valence-electron chi connectivity index (χ2n) is 4.20. The summed E-state index contributed by atoms with van der Waals surface area (Å²) < 4.78 is 0. The van der Waals surface area contributed by atoms with Crippen molar-refractivity contribution >= 4 is 5.91 Å². The average Bonchev–Trinajstić information content (AvgIpc) is 2.26. The zero-order valence-electron chi connectivity index (χ0n) is 10.3. The predicted octanol–water partition coefficient (Wildman–Crippen LogP) is 1.26. The Labute approximate surface area is 97.2 Å². The molecule has 0 bridgehead atoms. The van der Waals surface area contributed by atoms with E-state index in [0.717, 1.165) is 13.0 Å². The Morgan fingerprint density at radius 2 is 2.06 bits per heavy atom. The summed E-state index contributed by atoms with van der Waals surface area (Å²) in [4.78, 5) is 13.0. The largest absolute Gasteiger partial charge is 0.344 e. The summed E-state index contributed by atoms with van der Waals surface area (Å²) in [5.74, 6) is -0.00948. The number of carbonyl (C=O) groups excluding carboxylic acids is 1. The van der Waals surface area contributed by atoms with Gasteiger partial charge in [0.1, 0.15) is 0 Å². The molecular formula is C13H20N2O. The van der Waals surface area contributed by atoms with Crippen molar-refractivity contribution in [2.45, 2.75) is 20.3 Å². The van der Waals surface area contributed by atoms with E-state index in [2.05, 4.69) is 32.0 Å². The van der Waals surface area contributed by atoms with E-state index in [4.69, 9.17) is 5.73 Å². The lowest BCUT2D eigenvalue weighted by Crippen LogP contribution is -2.34. The molecule has 1 aromatic carbocycles. The van der Waals surface area contributed by atoms with Gasteiger partial charge < -0.3 is 10.6 Å². The third kappa shape index (κ3) is 3.35. The fourth-order valence-corrected chi connectivity index (χ4v) is 1.69. The Balaban J connectivity index is 2.58. The van der Waals surface area contributed by atoms with Gasteiger partial charge in [0, 0.05) is 13.6 Å². The quantitative estimate of drug-likeness (QED) is 0.830. The highest BCUT2D eigenvalue weighted by Gasteiger charge is 2.06. The normalized spacial score (nSPS) is 10.2. The molecule has 0 aliphatic heterocycles. The number of aryl methyl sites for hydroxylation is 2. The number of rotatable bonds is 4. The van der Waals surface area contributed by atoms with Crippen molar-refractivity contribution in [2.75, 3.05) is 20.1 Å². The lowest BCUT2D eigenvalue weighted by atomic mass is 10.0. The van der Waals surface area contributed by atoms with Crippen molar-refractivity contribution < 1.29 is 4.79 Å². The van der Waals surface area contributed by atoms with Gasteiger partial charge in [-0.25, -0.2) is 0 Å². The van der Waals surface area contributed by atoms with Gasteiger partial charge in [-0.1, -0.05) is 23.8 Å². The van der Waals surface area contributed by atoms with Crippen LogP contribution in [0.4, 0.5) is 0 Å². The zero-order valence-corrected chi connectivity index (χ0v) is 10.3. The van der Waals surface area contributed by atoms with Gasteiger partial charge in [0.2, 0.25) is 5.91 Å². The monoisotopic (exact) mass is 220 g/mol. The van der Waals surface area contributed by atoms with Gasteiger partial charge in [0.05, 0.1) is 6.54 Å². The Kier molecular flexibility index (Phi) is 4.50. The van der Waals surface area contributed by atoms with E-state index in [0.29, 0.717) is 0 Å². The number of hydrogen-bond acceptors (Lipinski definition) is 2. The van der Waals surface area contributed by atoms with Gasteiger partial charge in [-0.2, -0.15) is 0 Å². The number of benzene rings is 1.